The molecule has 0 amide bonds. The maximum Gasteiger partial charge on any atom is 0.337 e. The number of terminal acetylenes is 1. The van der Waals surface area contributed by atoms with Crippen molar-refractivity contribution in [1.29, 1.82) is 0 Å². The van der Waals surface area contributed by atoms with E-state index in [2.05, 4.69) is 15.6 Å². The SMILES string of the molecule is C#Cc1cccc(/N=C/c2cc(C(=O)OC)ccc2O)c1. The fourth-order valence-corrected chi connectivity index (χ4v) is 1.72. The molecule has 21 heavy (non-hydrogen) atoms. The first kappa shape index (κ1) is 14.4. The summed E-state index contributed by atoms with van der Waals surface area (Å²) in [4.78, 5) is 15.7. The monoisotopic (exact) mass is 279 g/mol. The van der Waals surface area contributed by atoms with Crippen LogP contribution >= 0.6 is 0 Å². The zero-order valence-electron chi connectivity index (χ0n) is 11.4. The Morgan fingerprint density at radius 3 is 2.86 bits per heavy atom. The van der Waals surface area contributed by atoms with Gasteiger partial charge < -0.3 is 9.84 Å². The number of esters is 1. The van der Waals surface area contributed by atoms with Crippen LogP contribution < -0.4 is 0 Å². The van der Waals surface area contributed by atoms with Gasteiger partial charge in [-0.1, -0.05) is 12.0 Å². The van der Waals surface area contributed by atoms with E-state index in [4.69, 9.17) is 6.42 Å². The summed E-state index contributed by atoms with van der Waals surface area (Å²) in [5.74, 6) is 2.08. The van der Waals surface area contributed by atoms with Gasteiger partial charge in [0.05, 0.1) is 18.4 Å². The van der Waals surface area contributed by atoms with Crippen LogP contribution in [0.15, 0.2) is 47.5 Å². The standard InChI is InChI=1S/C17H13NO3/c1-3-12-5-4-6-15(9-12)18-11-14-10-13(17(20)21-2)7-8-16(14)19/h1,4-11,19H,2H3/b18-11+. The van der Waals surface area contributed by atoms with Crippen LogP contribution in [0.3, 0.4) is 0 Å². The van der Waals surface area contributed by atoms with E-state index in [1.807, 2.05) is 0 Å². The number of rotatable bonds is 3. The molecule has 0 saturated carbocycles. The minimum atomic E-state index is -0.473. The Balaban J connectivity index is 2.32. The molecule has 0 unspecified atom stereocenters. The lowest BCUT2D eigenvalue weighted by atomic mass is 10.1. The van der Waals surface area contributed by atoms with Crippen LogP contribution in [0.2, 0.25) is 0 Å². The van der Waals surface area contributed by atoms with Crippen molar-refractivity contribution in [3.05, 3.63) is 59.2 Å². The molecule has 2 aromatic carbocycles. The van der Waals surface area contributed by atoms with Gasteiger partial charge in [0.2, 0.25) is 0 Å². The highest BCUT2D eigenvalue weighted by Crippen LogP contribution is 2.19. The maximum absolute atomic E-state index is 11.5. The molecule has 4 heteroatoms. The zero-order valence-corrected chi connectivity index (χ0v) is 11.4. The highest BCUT2D eigenvalue weighted by atomic mass is 16.5. The summed E-state index contributed by atoms with van der Waals surface area (Å²) in [5, 5.41) is 9.79. The smallest absolute Gasteiger partial charge is 0.337 e. The molecule has 1 N–H and O–H groups in total. The minimum absolute atomic E-state index is 0.0273. The van der Waals surface area contributed by atoms with Crippen molar-refractivity contribution in [2.75, 3.05) is 7.11 Å². The lowest BCUT2D eigenvalue weighted by Crippen LogP contribution is -2.01. The van der Waals surface area contributed by atoms with E-state index < -0.39 is 5.97 Å². The van der Waals surface area contributed by atoms with Crippen molar-refractivity contribution < 1.29 is 14.6 Å². The van der Waals surface area contributed by atoms with Crippen molar-refractivity contribution in [2.24, 2.45) is 4.99 Å². The molecule has 0 atom stereocenters. The highest BCUT2D eigenvalue weighted by molar-refractivity contribution is 5.94. The Bertz CT molecular complexity index is 742. The zero-order chi connectivity index (χ0) is 15.2. The molecular formula is C17H13NO3. The van der Waals surface area contributed by atoms with Gasteiger partial charge in [-0.05, 0) is 36.4 Å². The third-order valence-corrected chi connectivity index (χ3v) is 2.81. The molecule has 0 radical (unpaired) electrons. The Kier molecular flexibility index (Phi) is 4.37. The number of phenols is 1. The number of phenolic OH excluding ortho intramolecular Hbond substituents is 1. The summed E-state index contributed by atoms with van der Waals surface area (Å²) < 4.78 is 4.64. The number of hydrogen-bond donors (Lipinski definition) is 1. The van der Waals surface area contributed by atoms with Crippen molar-refractivity contribution in [3.63, 3.8) is 0 Å². The number of aliphatic imine (C=N–C) groups is 1. The van der Waals surface area contributed by atoms with Crippen LogP contribution in [0.1, 0.15) is 21.5 Å². The summed E-state index contributed by atoms with van der Waals surface area (Å²) in [7, 11) is 1.30. The number of aromatic hydroxyl groups is 1. The normalized spacial score (nSPS) is 10.3. The van der Waals surface area contributed by atoms with Crippen LogP contribution in [0.25, 0.3) is 0 Å². The molecule has 2 aromatic rings. The number of benzene rings is 2. The number of carbonyl (C=O) groups excluding carboxylic acids is 1. The maximum atomic E-state index is 11.5. The quantitative estimate of drug-likeness (QED) is 0.534. The first-order valence-corrected chi connectivity index (χ1v) is 6.16. The van der Waals surface area contributed by atoms with Gasteiger partial charge in [-0.3, -0.25) is 4.99 Å². The van der Waals surface area contributed by atoms with Crippen LogP contribution in [0.4, 0.5) is 5.69 Å². The van der Waals surface area contributed by atoms with Crippen LogP contribution in [0.5, 0.6) is 5.75 Å². The van der Waals surface area contributed by atoms with Crippen LogP contribution in [-0.2, 0) is 4.74 Å². The summed E-state index contributed by atoms with van der Waals surface area (Å²) >= 11 is 0. The van der Waals surface area contributed by atoms with E-state index >= 15 is 0 Å². The summed E-state index contributed by atoms with van der Waals surface area (Å²) in [6.45, 7) is 0. The molecule has 0 aromatic heterocycles. The molecule has 0 aliphatic rings. The first-order valence-electron chi connectivity index (χ1n) is 6.16. The summed E-state index contributed by atoms with van der Waals surface area (Å²) in [6, 6.07) is 11.6. The van der Waals surface area contributed by atoms with Crippen molar-refractivity contribution in [3.8, 4) is 18.1 Å². The van der Waals surface area contributed by atoms with Crippen molar-refractivity contribution >= 4 is 17.9 Å². The third kappa shape index (κ3) is 3.48. The second-order valence-electron chi connectivity index (χ2n) is 4.22. The predicted molar refractivity (Wildman–Crippen MR) is 81.1 cm³/mol. The summed E-state index contributed by atoms with van der Waals surface area (Å²) in [6.07, 6.45) is 6.79. The van der Waals surface area contributed by atoms with E-state index in [1.165, 1.54) is 31.5 Å². The second-order valence-corrected chi connectivity index (χ2v) is 4.22. The van der Waals surface area contributed by atoms with Gasteiger partial charge in [0.25, 0.3) is 0 Å². The lowest BCUT2D eigenvalue weighted by Gasteiger charge is -2.03. The topological polar surface area (TPSA) is 58.9 Å². The Morgan fingerprint density at radius 1 is 1.33 bits per heavy atom. The number of carbonyl (C=O) groups is 1. The van der Waals surface area contributed by atoms with Crippen LogP contribution in [0, 0.1) is 12.3 Å². The fourth-order valence-electron chi connectivity index (χ4n) is 1.72. The Labute approximate surface area is 122 Å². The number of hydrogen-bond acceptors (Lipinski definition) is 4. The molecule has 0 aliphatic heterocycles. The van der Waals surface area contributed by atoms with Crippen LogP contribution in [-0.4, -0.2) is 24.4 Å². The number of ether oxygens (including phenoxy) is 1. The molecule has 0 fully saturated rings. The minimum Gasteiger partial charge on any atom is -0.507 e. The van der Waals surface area contributed by atoms with Gasteiger partial charge in [-0.2, -0.15) is 0 Å². The molecule has 4 nitrogen and oxygen atoms in total. The average molecular weight is 279 g/mol. The van der Waals surface area contributed by atoms with Gasteiger partial charge in [-0.15, -0.1) is 6.42 Å². The second kappa shape index (κ2) is 6.40. The van der Waals surface area contributed by atoms with E-state index in [0.717, 1.165) is 5.56 Å². The molecule has 0 aliphatic carbocycles. The average Bonchev–Trinajstić information content (AvgIpc) is 2.53. The van der Waals surface area contributed by atoms with Crippen molar-refractivity contribution in [2.45, 2.75) is 0 Å². The molecule has 0 heterocycles. The largest absolute Gasteiger partial charge is 0.507 e. The molecule has 0 bridgehead atoms. The van der Waals surface area contributed by atoms with E-state index in [9.17, 15) is 9.90 Å². The number of methoxy groups -OCH3 is 1. The summed E-state index contributed by atoms with van der Waals surface area (Å²) in [5.41, 5.74) is 2.14. The van der Waals surface area contributed by atoms with Crippen molar-refractivity contribution in [1.82, 2.24) is 0 Å². The Hall–Kier alpha value is -3.06. The molecule has 104 valence electrons. The molecule has 0 spiro atoms. The third-order valence-electron chi connectivity index (χ3n) is 2.81. The predicted octanol–water partition coefficient (Wildman–Crippen LogP) is 2.91. The van der Waals surface area contributed by atoms with E-state index in [-0.39, 0.29) is 5.75 Å². The van der Waals surface area contributed by atoms with Gasteiger partial charge in [0.15, 0.2) is 0 Å². The van der Waals surface area contributed by atoms with E-state index in [0.29, 0.717) is 16.8 Å². The Morgan fingerprint density at radius 2 is 2.14 bits per heavy atom. The number of nitrogens with zero attached hydrogens (tertiary/aromatic N) is 1. The van der Waals surface area contributed by atoms with Gasteiger partial charge in [-0.25, -0.2) is 4.79 Å². The van der Waals surface area contributed by atoms with Gasteiger partial charge in [0, 0.05) is 17.3 Å². The van der Waals surface area contributed by atoms with Gasteiger partial charge in [0.1, 0.15) is 5.75 Å². The molecular weight excluding hydrogens is 266 g/mol. The van der Waals surface area contributed by atoms with Gasteiger partial charge >= 0.3 is 5.97 Å². The van der Waals surface area contributed by atoms with E-state index in [1.54, 1.807) is 24.3 Å². The highest BCUT2D eigenvalue weighted by Gasteiger charge is 2.08. The molecule has 2 rings (SSSR count). The fraction of sp³-hybridized carbons (Fsp3) is 0.0588. The lowest BCUT2D eigenvalue weighted by molar-refractivity contribution is 0.0600. The molecule has 0 saturated heterocycles. The first-order chi connectivity index (χ1) is 10.1.